The second-order valence-electron chi connectivity index (χ2n) is 2.95. The number of pyridine rings is 1. The van der Waals surface area contributed by atoms with E-state index in [1.807, 2.05) is 0 Å². The maximum absolute atomic E-state index is 11.9. The van der Waals surface area contributed by atoms with Gasteiger partial charge in [-0.3, -0.25) is 0 Å². The van der Waals surface area contributed by atoms with Crippen LogP contribution < -0.4 is 4.74 Å². The lowest BCUT2D eigenvalue weighted by Gasteiger charge is -2.09. The molecule has 0 aromatic carbocycles. The van der Waals surface area contributed by atoms with E-state index in [2.05, 4.69) is 14.5 Å². The van der Waals surface area contributed by atoms with Crippen molar-refractivity contribution in [3.8, 4) is 11.9 Å². The highest BCUT2D eigenvalue weighted by atomic mass is 19.4. The average molecular weight is 260 g/mol. The van der Waals surface area contributed by atoms with E-state index in [9.17, 15) is 18.0 Å². The lowest BCUT2D eigenvalue weighted by Crippen LogP contribution is -2.18. The third-order valence-corrected chi connectivity index (χ3v) is 1.71. The number of esters is 1. The molecule has 1 aromatic heterocycles. The molecule has 1 heterocycles. The summed E-state index contributed by atoms with van der Waals surface area (Å²) in [6.45, 7) is 1.63. The second-order valence-corrected chi connectivity index (χ2v) is 2.95. The number of rotatable bonds is 3. The van der Waals surface area contributed by atoms with Crippen LogP contribution in [0.4, 0.5) is 13.2 Å². The summed E-state index contributed by atoms with van der Waals surface area (Å²) in [6.07, 6.45) is -4.11. The molecule has 18 heavy (non-hydrogen) atoms. The van der Waals surface area contributed by atoms with Gasteiger partial charge in [0.25, 0.3) is 0 Å². The third-order valence-electron chi connectivity index (χ3n) is 1.71. The molecule has 8 heteroatoms. The predicted molar refractivity (Wildman–Crippen MR) is 51.6 cm³/mol. The zero-order chi connectivity index (χ0) is 13.8. The fourth-order valence-corrected chi connectivity index (χ4v) is 1.07. The van der Waals surface area contributed by atoms with E-state index < -0.39 is 18.2 Å². The van der Waals surface area contributed by atoms with Crippen molar-refractivity contribution in [3.05, 3.63) is 23.4 Å². The SMILES string of the molecule is CCOC(=O)c1cnc(OC(F)(F)F)cc1C#N. The Kier molecular flexibility index (Phi) is 4.09. The molecule has 0 radical (unpaired) electrons. The maximum atomic E-state index is 11.9. The topological polar surface area (TPSA) is 72.2 Å². The van der Waals surface area contributed by atoms with Gasteiger partial charge in [-0.25, -0.2) is 9.78 Å². The van der Waals surface area contributed by atoms with Crippen molar-refractivity contribution in [2.24, 2.45) is 0 Å². The molecule has 0 saturated heterocycles. The van der Waals surface area contributed by atoms with E-state index >= 15 is 0 Å². The van der Waals surface area contributed by atoms with Gasteiger partial charge in [-0.1, -0.05) is 0 Å². The van der Waals surface area contributed by atoms with E-state index in [1.54, 1.807) is 13.0 Å². The van der Waals surface area contributed by atoms with Gasteiger partial charge in [-0.15, -0.1) is 13.2 Å². The van der Waals surface area contributed by atoms with Gasteiger partial charge in [0.1, 0.15) is 6.07 Å². The minimum atomic E-state index is -4.91. The Morgan fingerprint density at radius 1 is 1.56 bits per heavy atom. The molecule has 0 N–H and O–H groups in total. The Hall–Kier alpha value is -2.30. The van der Waals surface area contributed by atoms with E-state index in [0.29, 0.717) is 0 Å². The molecule has 0 fully saturated rings. The van der Waals surface area contributed by atoms with Crippen LogP contribution >= 0.6 is 0 Å². The van der Waals surface area contributed by atoms with Gasteiger partial charge in [-0.05, 0) is 6.92 Å². The van der Waals surface area contributed by atoms with E-state index in [4.69, 9.17) is 5.26 Å². The number of ether oxygens (including phenoxy) is 2. The molecule has 0 spiro atoms. The van der Waals surface area contributed by atoms with Crippen LogP contribution in [-0.2, 0) is 4.74 Å². The van der Waals surface area contributed by atoms with Crippen molar-refractivity contribution in [2.45, 2.75) is 13.3 Å². The lowest BCUT2D eigenvalue weighted by atomic mass is 10.1. The first-order chi connectivity index (χ1) is 8.37. The van der Waals surface area contributed by atoms with Crippen LogP contribution in [0.25, 0.3) is 0 Å². The molecule has 0 saturated carbocycles. The minimum absolute atomic E-state index is 0.0739. The van der Waals surface area contributed by atoms with Gasteiger partial charge in [-0.2, -0.15) is 5.26 Å². The maximum Gasteiger partial charge on any atom is 0.574 e. The van der Waals surface area contributed by atoms with Gasteiger partial charge in [0, 0.05) is 12.3 Å². The molecule has 96 valence electrons. The molecule has 0 amide bonds. The van der Waals surface area contributed by atoms with Gasteiger partial charge in [0.2, 0.25) is 5.88 Å². The largest absolute Gasteiger partial charge is 0.574 e. The average Bonchev–Trinajstić information content (AvgIpc) is 2.27. The third kappa shape index (κ3) is 3.62. The number of hydrogen-bond donors (Lipinski definition) is 0. The van der Waals surface area contributed by atoms with Crippen molar-refractivity contribution in [1.82, 2.24) is 4.98 Å². The fraction of sp³-hybridized carbons (Fsp3) is 0.300. The zero-order valence-corrected chi connectivity index (χ0v) is 9.11. The first-order valence-corrected chi connectivity index (χ1v) is 4.70. The monoisotopic (exact) mass is 260 g/mol. The smallest absolute Gasteiger partial charge is 0.462 e. The molecular weight excluding hydrogens is 253 g/mol. The molecule has 1 aromatic rings. The highest BCUT2D eigenvalue weighted by Crippen LogP contribution is 2.22. The van der Waals surface area contributed by atoms with Crippen molar-refractivity contribution in [3.63, 3.8) is 0 Å². The van der Waals surface area contributed by atoms with E-state index in [-0.39, 0.29) is 17.7 Å². The quantitative estimate of drug-likeness (QED) is 0.777. The summed E-state index contributed by atoms with van der Waals surface area (Å²) in [7, 11) is 0. The number of nitriles is 1. The fourth-order valence-electron chi connectivity index (χ4n) is 1.07. The van der Waals surface area contributed by atoms with Crippen LogP contribution in [0, 0.1) is 11.3 Å². The first kappa shape index (κ1) is 13.8. The summed E-state index contributed by atoms with van der Waals surface area (Å²) in [4.78, 5) is 14.6. The number of alkyl halides is 3. The molecule has 1 rings (SSSR count). The molecule has 0 aliphatic rings. The Labute approximate surface area is 99.8 Å². The van der Waals surface area contributed by atoms with Crippen LogP contribution in [0.3, 0.4) is 0 Å². The lowest BCUT2D eigenvalue weighted by molar-refractivity contribution is -0.276. The van der Waals surface area contributed by atoms with Gasteiger partial charge >= 0.3 is 12.3 Å². The summed E-state index contributed by atoms with van der Waals surface area (Å²) < 4.78 is 43.9. The number of carbonyl (C=O) groups excluding carboxylic acids is 1. The summed E-state index contributed by atoms with van der Waals surface area (Å²) in [5, 5.41) is 8.74. The van der Waals surface area contributed by atoms with Gasteiger partial charge < -0.3 is 9.47 Å². The van der Waals surface area contributed by atoms with Gasteiger partial charge in [0.15, 0.2) is 0 Å². The first-order valence-electron chi connectivity index (χ1n) is 4.70. The zero-order valence-electron chi connectivity index (χ0n) is 9.11. The van der Waals surface area contributed by atoms with E-state index in [0.717, 1.165) is 12.3 Å². The molecule has 0 unspecified atom stereocenters. The second kappa shape index (κ2) is 5.35. The summed E-state index contributed by atoms with van der Waals surface area (Å²) in [6, 6.07) is 2.29. The van der Waals surface area contributed by atoms with Crippen molar-refractivity contribution < 1.29 is 27.4 Å². The highest BCUT2D eigenvalue weighted by Gasteiger charge is 2.32. The van der Waals surface area contributed by atoms with Crippen molar-refractivity contribution in [2.75, 3.05) is 6.61 Å². The number of carbonyl (C=O) groups is 1. The minimum Gasteiger partial charge on any atom is -0.462 e. The van der Waals surface area contributed by atoms with Crippen molar-refractivity contribution in [1.29, 1.82) is 5.26 Å². The summed E-state index contributed by atoms with van der Waals surface area (Å²) in [5.74, 6) is -1.65. The Morgan fingerprint density at radius 2 is 2.22 bits per heavy atom. The number of hydrogen-bond acceptors (Lipinski definition) is 5. The normalized spacial score (nSPS) is 10.6. The van der Waals surface area contributed by atoms with Crippen molar-refractivity contribution >= 4 is 5.97 Å². The number of nitrogens with zero attached hydrogens (tertiary/aromatic N) is 2. The molecular formula is C10H7F3N2O3. The highest BCUT2D eigenvalue weighted by molar-refractivity contribution is 5.91. The Balaban J connectivity index is 3.05. The summed E-state index contributed by atoms with van der Waals surface area (Å²) >= 11 is 0. The van der Waals surface area contributed by atoms with Crippen LogP contribution in [0.15, 0.2) is 12.3 Å². The molecule has 0 aliphatic carbocycles. The Bertz CT molecular complexity index is 494. The molecule has 0 aliphatic heterocycles. The standard InChI is InChI=1S/C10H7F3N2O3/c1-2-17-9(16)7-5-15-8(3-6(7)4-14)18-10(11,12)13/h3,5H,2H2,1H3. The molecule has 0 atom stereocenters. The molecule has 5 nitrogen and oxygen atoms in total. The van der Waals surface area contributed by atoms with Gasteiger partial charge in [0.05, 0.1) is 17.7 Å². The van der Waals surface area contributed by atoms with Crippen LogP contribution in [0.2, 0.25) is 0 Å². The number of aromatic nitrogens is 1. The van der Waals surface area contributed by atoms with Crippen LogP contribution in [0.1, 0.15) is 22.8 Å². The number of halogens is 3. The Morgan fingerprint density at radius 3 is 2.72 bits per heavy atom. The summed E-state index contributed by atoms with van der Waals surface area (Å²) in [5.41, 5.74) is -0.517. The van der Waals surface area contributed by atoms with E-state index in [1.165, 1.54) is 0 Å². The van der Waals surface area contributed by atoms with Crippen LogP contribution in [0.5, 0.6) is 5.88 Å². The predicted octanol–water partition coefficient (Wildman–Crippen LogP) is 2.03. The van der Waals surface area contributed by atoms with Crippen LogP contribution in [-0.4, -0.2) is 23.9 Å². The molecule has 0 bridgehead atoms.